The van der Waals surface area contributed by atoms with Crippen LogP contribution in [0.5, 0.6) is 0 Å². The van der Waals surface area contributed by atoms with Crippen LogP contribution in [0.25, 0.3) is 11.4 Å². The molecule has 2 aromatic rings. The molecule has 106 valence electrons. The van der Waals surface area contributed by atoms with Crippen molar-refractivity contribution in [2.75, 3.05) is 0 Å². The predicted octanol–water partition coefficient (Wildman–Crippen LogP) is 2.73. The summed E-state index contributed by atoms with van der Waals surface area (Å²) in [4.78, 5) is 10.9. The first-order chi connectivity index (χ1) is 9.52. The predicted molar refractivity (Wildman–Crippen MR) is 74.6 cm³/mol. The molecule has 0 bridgehead atoms. The van der Waals surface area contributed by atoms with Crippen molar-refractivity contribution in [3.8, 4) is 11.4 Å². The van der Waals surface area contributed by atoms with Gasteiger partial charge in [-0.05, 0) is 41.5 Å². The zero-order valence-electron chi connectivity index (χ0n) is 11.2. The molecule has 2 rings (SSSR count). The van der Waals surface area contributed by atoms with Crippen LogP contribution in [-0.2, 0) is 4.79 Å². The molecule has 1 aromatic carbocycles. The van der Waals surface area contributed by atoms with E-state index in [4.69, 9.17) is 16.7 Å². The zero-order valence-corrected chi connectivity index (χ0v) is 12.0. The number of rotatable bonds is 5. The maximum atomic E-state index is 10.9. The van der Waals surface area contributed by atoms with Crippen molar-refractivity contribution in [3.63, 3.8) is 0 Å². The number of aryl methyl sites for hydroxylation is 1. The molecule has 0 saturated heterocycles. The highest BCUT2D eigenvalue weighted by atomic mass is 35.5. The summed E-state index contributed by atoms with van der Waals surface area (Å²) < 4.78 is 1.53. The van der Waals surface area contributed by atoms with Crippen LogP contribution in [-0.4, -0.2) is 31.3 Å². The topological polar surface area (TPSA) is 80.9 Å². The quantitative estimate of drug-likeness (QED) is 0.917. The van der Waals surface area contributed by atoms with Gasteiger partial charge < -0.3 is 5.11 Å². The Kier molecular flexibility index (Phi) is 4.34. The average Bonchev–Trinajstić information content (AvgIpc) is 2.84. The van der Waals surface area contributed by atoms with Gasteiger partial charge >= 0.3 is 5.97 Å². The number of carboxylic acids is 1. The van der Waals surface area contributed by atoms with Crippen LogP contribution >= 0.6 is 11.6 Å². The molecule has 0 spiro atoms. The summed E-state index contributed by atoms with van der Waals surface area (Å²) in [5.41, 5.74) is 1.74. The Bertz CT molecular complexity index is 627. The first kappa shape index (κ1) is 14.5. The Hall–Kier alpha value is -1.95. The van der Waals surface area contributed by atoms with E-state index in [1.165, 1.54) is 4.68 Å². The summed E-state index contributed by atoms with van der Waals surface area (Å²) in [5, 5.41) is 21.0. The molecule has 1 N–H and O–H groups in total. The molecule has 0 radical (unpaired) electrons. The minimum Gasteiger partial charge on any atom is -0.481 e. The van der Waals surface area contributed by atoms with Crippen LogP contribution in [0.2, 0.25) is 5.02 Å². The van der Waals surface area contributed by atoms with Gasteiger partial charge in [0, 0.05) is 5.56 Å². The van der Waals surface area contributed by atoms with Gasteiger partial charge in [-0.1, -0.05) is 24.6 Å². The van der Waals surface area contributed by atoms with E-state index in [1.807, 2.05) is 32.0 Å². The van der Waals surface area contributed by atoms with Crippen LogP contribution in [0.1, 0.15) is 31.4 Å². The summed E-state index contributed by atoms with van der Waals surface area (Å²) >= 11 is 6.22. The number of carboxylic acid groups (broad SMARTS) is 1. The molecule has 1 unspecified atom stereocenters. The van der Waals surface area contributed by atoms with E-state index in [9.17, 15) is 4.79 Å². The maximum absolute atomic E-state index is 10.9. The fraction of sp³-hybridized carbons (Fsp3) is 0.385. The molecule has 0 amide bonds. The van der Waals surface area contributed by atoms with Crippen LogP contribution in [0.3, 0.4) is 0 Å². The van der Waals surface area contributed by atoms with E-state index >= 15 is 0 Å². The molecule has 0 aliphatic heterocycles. The molecule has 1 aromatic heterocycles. The van der Waals surface area contributed by atoms with Crippen molar-refractivity contribution in [1.82, 2.24) is 20.2 Å². The minimum absolute atomic E-state index is 0.0297. The average molecular weight is 295 g/mol. The number of hydrogen-bond donors (Lipinski definition) is 1. The summed E-state index contributed by atoms with van der Waals surface area (Å²) in [7, 11) is 0. The first-order valence-corrected chi connectivity index (χ1v) is 6.67. The molecule has 1 atom stereocenters. The normalized spacial score (nSPS) is 12.3. The largest absolute Gasteiger partial charge is 0.481 e. The molecule has 0 saturated carbocycles. The third kappa shape index (κ3) is 2.96. The summed E-state index contributed by atoms with van der Waals surface area (Å²) in [6, 6.07) is 5.29. The van der Waals surface area contributed by atoms with E-state index < -0.39 is 5.97 Å². The minimum atomic E-state index is -0.881. The van der Waals surface area contributed by atoms with Gasteiger partial charge in [0.25, 0.3) is 0 Å². The van der Waals surface area contributed by atoms with E-state index in [1.54, 1.807) is 0 Å². The smallest absolute Gasteiger partial charge is 0.305 e. The first-order valence-electron chi connectivity index (χ1n) is 6.29. The van der Waals surface area contributed by atoms with E-state index in [2.05, 4.69) is 15.5 Å². The van der Waals surface area contributed by atoms with Crippen molar-refractivity contribution < 1.29 is 9.90 Å². The molecule has 0 aliphatic carbocycles. The molecule has 6 nitrogen and oxygen atoms in total. The highest BCUT2D eigenvalue weighted by Gasteiger charge is 2.21. The van der Waals surface area contributed by atoms with Gasteiger partial charge in [0.1, 0.15) is 0 Å². The molecule has 7 heteroatoms. The van der Waals surface area contributed by atoms with Gasteiger partial charge in [0.05, 0.1) is 17.5 Å². The number of halogens is 1. The molecule has 1 heterocycles. The third-order valence-electron chi connectivity index (χ3n) is 3.09. The van der Waals surface area contributed by atoms with Crippen LogP contribution < -0.4 is 0 Å². The van der Waals surface area contributed by atoms with Crippen molar-refractivity contribution >= 4 is 17.6 Å². The Morgan fingerprint density at radius 1 is 1.50 bits per heavy atom. The Morgan fingerprint density at radius 2 is 2.25 bits per heavy atom. The zero-order chi connectivity index (χ0) is 14.7. The van der Waals surface area contributed by atoms with Crippen molar-refractivity contribution in [3.05, 3.63) is 28.8 Å². The number of benzene rings is 1. The molecule has 0 fully saturated rings. The van der Waals surface area contributed by atoms with Gasteiger partial charge in [-0.15, -0.1) is 5.10 Å². The van der Waals surface area contributed by atoms with Crippen LogP contribution in [0, 0.1) is 6.92 Å². The lowest BCUT2D eigenvalue weighted by Crippen LogP contribution is -2.15. The second kappa shape index (κ2) is 6.00. The highest BCUT2D eigenvalue weighted by molar-refractivity contribution is 6.33. The van der Waals surface area contributed by atoms with Gasteiger partial charge in [0.2, 0.25) is 0 Å². The number of aromatic nitrogens is 4. The lowest BCUT2D eigenvalue weighted by atomic mass is 10.1. The fourth-order valence-electron chi connectivity index (χ4n) is 2.02. The van der Waals surface area contributed by atoms with Crippen molar-refractivity contribution in [2.45, 2.75) is 32.7 Å². The van der Waals surface area contributed by atoms with Gasteiger partial charge in [0.15, 0.2) is 5.82 Å². The van der Waals surface area contributed by atoms with Crippen molar-refractivity contribution in [1.29, 1.82) is 0 Å². The molecular weight excluding hydrogens is 280 g/mol. The Labute approximate surface area is 121 Å². The second-order valence-electron chi connectivity index (χ2n) is 4.59. The van der Waals surface area contributed by atoms with Gasteiger partial charge in [-0.3, -0.25) is 4.79 Å². The number of hydrogen-bond acceptors (Lipinski definition) is 4. The highest BCUT2D eigenvalue weighted by Crippen LogP contribution is 2.29. The number of tetrazole rings is 1. The van der Waals surface area contributed by atoms with Gasteiger partial charge in [-0.25, -0.2) is 4.68 Å². The lowest BCUT2D eigenvalue weighted by molar-refractivity contribution is -0.138. The van der Waals surface area contributed by atoms with E-state index in [0.29, 0.717) is 22.8 Å². The van der Waals surface area contributed by atoms with Crippen LogP contribution in [0.4, 0.5) is 0 Å². The van der Waals surface area contributed by atoms with E-state index in [0.717, 1.165) is 5.56 Å². The number of nitrogens with zero attached hydrogens (tertiary/aromatic N) is 4. The maximum Gasteiger partial charge on any atom is 0.305 e. The number of aliphatic carboxylic acids is 1. The molecule has 0 aliphatic rings. The molecule has 20 heavy (non-hydrogen) atoms. The lowest BCUT2D eigenvalue weighted by Gasteiger charge is -2.14. The summed E-state index contributed by atoms with van der Waals surface area (Å²) in [5.74, 6) is -0.392. The second-order valence-corrected chi connectivity index (χ2v) is 5.00. The standard InChI is InChI=1S/C13H15ClN4O2/c1-3-9(7-12(19)20)18-13(15-16-17-18)10-5-4-8(2)6-11(10)14/h4-6,9H,3,7H2,1-2H3,(H,19,20). The summed E-state index contributed by atoms with van der Waals surface area (Å²) in [6.45, 7) is 3.84. The fourth-order valence-corrected chi connectivity index (χ4v) is 2.34. The van der Waals surface area contributed by atoms with E-state index in [-0.39, 0.29) is 12.5 Å². The monoisotopic (exact) mass is 294 g/mol. The van der Waals surface area contributed by atoms with Crippen LogP contribution in [0.15, 0.2) is 18.2 Å². The Morgan fingerprint density at radius 3 is 2.85 bits per heavy atom. The third-order valence-corrected chi connectivity index (χ3v) is 3.40. The SMILES string of the molecule is CCC(CC(=O)O)n1nnnc1-c1ccc(C)cc1Cl. The Balaban J connectivity index is 2.43. The summed E-state index contributed by atoms with van der Waals surface area (Å²) in [6.07, 6.45) is 0.589. The van der Waals surface area contributed by atoms with Crippen molar-refractivity contribution in [2.24, 2.45) is 0 Å². The number of carbonyl (C=O) groups is 1. The van der Waals surface area contributed by atoms with Gasteiger partial charge in [-0.2, -0.15) is 0 Å². The molecular formula is C13H15ClN4O2.